The van der Waals surface area contributed by atoms with Crippen molar-refractivity contribution in [2.24, 2.45) is 0 Å². The van der Waals surface area contributed by atoms with E-state index in [2.05, 4.69) is 59.8 Å². The number of aliphatic hydroxyl groups is 1. The van der Waals surface area contributed by atoms with Crippen molar-refractivity contribution >= 4 is 11.8 Å². The molecular weight excluding hydrogens is 374 g/mol. The lowest BCUT2D eigenvalue weighted by Crippen LogP contribution is -2.10. The average Bonchev–Trinajstić information content (AvgIpc) is 3.32. The van der Waals surface area contributed by atoms with Crippen LogP contribution in [0.25, 0.3) is 11.4 Å². The van der Waals surface area contributed by atoms with Gasteiger partial charge in [0.05, 0.1) is 32.6 Å². The quantitative estimate of drug-likeness (QED) is 0.432. The predicted octanol–water partition coefficient (Wildman–Crippen LogP) is 3.98. The zero-order chi connectivity index (χ0) is 20.0. The maximum absolute atomic E-state index is 8.80. The van der Waals surface area contributed by atoms with Crippen molar-refractivity contribution in [2.75, 3.05) is 25.6 Å². The third-order valence-corrected chi connectivity index (χ3v) is 5.25. The van der Waals surface area contributed by atoms with Gasteiger partial charge in [0.15, 0.2) is 11.0 Å². The molecule has 0 fully saturated rings. The molecule has 2 aromatic heterocycles. The van der Waals surface area contributed by atoms with Gasteiger partial charge >= 0.3 is 0 Å². The number of furan rings is 1. The maximum atomic E-state index is 8.80. The molecule has 0 bridgehead atoms. The van der Waals surface area contributed by atoms with Crippen LogP contribution in [0.2, 0.25) is 0 Å². The molecule has 0 amide bonds. The molecule has 0 aliphatic rings. The first-order chi connectivity index (χ1) is 13.5. The van der Waals surface area contributed by atoms with Gasteiger partial charge in [-0.05, 0) is 23.1 Å². The highest BCUT2D eigenvalue weighted by atomic mass is 32.2. The van der Waals surface area contributed by atoms with Crippen LogP contribution in [0.4, 0.5) is 0 Å². The highest BCUT2D eigenvalue weighted by molar-refractivity contribution is 7.99. The minimum atomic E-state index is 0.0358. The molecule has 6 nitrogen and oxygen atoms in total. The number of hydrogen-bond acceptors (Lipinski definition) is 6. The Balaban J connectivity index is 1.83. The summed E-state index contributed by atoms with van der Waals surface area (Å²) in [7, 11) is 0. The standard InChI is InChI=1S/C21H27N3O3S/c1-21(2,3)17-8-6-16(7-9-17)19-22-23-20(28-14-13-26-12-10-25)24(19)15-18-5-4-11-27-18/h4-9,11,25H,10,12-15H2,1-3H3. The van der Waals surface area contributed by atoms with Gasteiger partial charge in [0.2, 0.25) is 0 Å². The van der Waals surface area contributed by atoms with Crippen LogP contribution in [0.1, 0.15) is 32.1 Å². The highest BCUT2D eigenvalue weighted by Crippen LogP contribution is 2.28. The molecule has 3 aromatic rings. The Morgan fingerprint density at radius 3 is 2.54 bits per heavy atom. The van der Waals surface area contributed by atoms with Crippen molar-refractivity contribution in [1.29, 1.82) is 0 Å². The second-order valence-electron chi connectivity index (χ2n) is 7.48. The summed E-state index contributed by atoms with van der Waals surface area (Å²) >= 11 is 1.58. The van der Waals surface area contributed by atoms with Crippen molar-refractivity contribution in [1.82, 2.24) is 14.8 Å². The van der Waals surface area contributed by atoms with Gasteiger partial charge in [0.25, 0.3) is 0 Å². The van der Waals surface area contributed by atoms with Crippen LogP contribution in [0, 0.1) is 0 Å². The van der Waals surface area contributed by atoms with Crippen molar-refractivity contribution in [2.45, 2.75) is 37.9 Å². The molecule has 3 rings (SSSR count). The van der Waals surface area contributed by atoms with Gasteiger partial charge in [-0.3, -0.25) is 4.57 Å². The summed E-state index contributed by atoms with van der Waals surface area (Å²) in [4.78, 5) is 0. The summed E-state index contributed by atoms with van der Waals surface area (Å²) in [6.45, 7) is 8.11. The van der Waals surface area contributed by atoms with E-state index in [-0.39, 0.29) is 12.0 Å². The molecule has 0 unspecified atom stereocenters. The molecule has 7 heteroatoms. The maximum Gasteiger partial charge on any atom is 0.192 e. The number of thioether (sulfide) groups is 1. The van der Waals surface area contributed by atoms with Crippen molar-refractivity contribution in [3.8, 4) is 11.4 Å². The summed E-state index contributed by atoms with van der Waals surface area (Å²) in [6.07, 6.45) is 1.67. The zero-order valence-corrected chi connectivity index (χ0v) is 17.4. The molecule has 0 saturated carbocycles. The van der Waals surface area contributed by atoms with Crippen LogP contribution >= 0.6 is 11.8 Å². The van der Waals surface area contributed by atoms with E-state index in [0.717, 1.165) is 28.1 Å². The number of hydrogen-bond donors (Lipinski definition) is 1. The molecule has 0 spiro atoms. The Kier molecular flexibility index (Phi) is 6.93. The Morgan fingerprint density at radius 2 is 1.89 bits per heavy atom. The third kappa shape index (κ3) is 5.25. The molecule has 0 saturated heterocycles. The topological polar surface area (TPSA) is 73.3 Å². The molecule has 0 radical (unpaired) electrons. The molecule has 150 valence electrons. The smallest absolute Gasteiger partial charge is 0.192 e. The van der Waals surface area contributed by atoms with Crippen molar-refractivity contribution < 1.29 is 14.3 Å². The lowest BCUT2D eigenvalue weighted by atomic mass is 9.87. The van der Waals surface area contributed by atoms with Crippen LogP contribution in [-0.4, -0.2) is 45.4 Å². The van der Waals surface area contributed by atoms with Gasteiger partial charge < -0.3 is 14.3 Å². The molecule has 2 heterocycles. The van der Waals surface area contributed by atoms with Crippen LogP contribution in [0.15, 0.2) is 52.2 Å². The SMILES string of the molecule is CC(C)(C)c1ccc(-c2nnc(SCCOCCO)n2Cc2ccco2)cc1. The van der Waals surface area contributed by atoms with Gasteiger partial charge in [0, 0.05) is 11.3 Å². The monoisotopic (exact) mass is 401 g/mol. The summed E-state index contributed by atoms with van der Waals surface area (Å²) in [5.41, 5.74) is 2.41. The molecular formula is C21H27N3O3S. The second-order valence-corrected chi connectivity index (χ2v) is 8.55. The van der Waals surface area contributed by atoms with E-state index < -0.39 is 0 Å². The number of ether oxygens (including phenoxy) is 1. The number of aromatic nitrogens is 3. The van der Waals surface area contributed by atoms with E-state index in [4.69, 9.17) is 14.3 Å². The third-order valence-electron chi connectivity index (χ3n) is 4.31. The van der Waals surface area contributed by atoms with E-state index in [9.17, 15) is 0 Å². The van der Waals surface area contributed by atoms with Gasteiger partial charge in [-0.15, -0.1) is 10.2 Å². The molecule has 0 aliphatic carbocycles. The minimum absolute atomic E-state index is 0.0358. The van der Waals surface area contributed by atoms with Crippen molar-refractivity contribution in [3.63, 3.8) is 0 Å². The van der Waals surface area contributed by atoms with Gasteiger partial charge in [0.1, 0.15) is 5.76 Å². The van der Waals surface area contributed by atoms with E-state index in [1.165, 1.54) is 5.56 Å². The Bertz CT molecular complexity index is 852. The fourth-order valence-corrected chi connectivity index (χ4v) is 3.58. The molecule has 1 aromatic carbocycles. The first kappa shape index (κ1) is 20.6. The van der Waals surface area contributed by atoms with Crippen LogP contribution in [0.5, 0.6) is 0 Å². The number of nitrogens with zero attached hydrogens (tertiary/aromatic N) is 3. The van der Waals surface area contributed by atoms with E-state index in [1.54, 1.807) is 18.0 Å². The molecule has 0 atom stereocenters. The summed E-state index contributed by atoms with van der Waals surface area (Å²) in [5.74, 6) is 2.40. The largest absolute Gasteiger partial charge is 0.467 e. The highest BCUT2D eigenvalue weighted by Gasteiger charge is 2.18. The predicted molar refractivity (Wildman–Crippen MR) is 111 cm³/mol. The first-order valence-corrected chi connectivity index (χ1v) is 10.4. The summed E-state index contributed by atoms with van der Waals surface area (Å²) < 4.78 is 12.9. The molecule has 0 aliphatic heterocycles. The lowest BCUT2D eigenvalue weighted by molar-refractivity contribution is 0.103. The Labute approximate surface area is 169 Å². The fraction of sp³-hybridized carbons (Fsp3) is 0.429. The normalized spacial score (nSPS) is 11.9. The number of benzene rings is 1. The van der Waals surface area contributed by atoms with Gasteiger partial charge in [-0.25, -0.2) is 0 Å². The first-order valence-electron chi connectivity index (χ1n) is 9.37. The van der Waals surface area contributed by atoms with E-state index >= 15 is 0 Å². The van der Waals surface area contributed by atoms with E-state index in [0.29, 0.717) is 19.8 Å². The minimum Gasteiger partial charge on any atom is -0.467 e. The number of rotatable bonds is 9. The molecule has 1 N–H and O–H groups in total. The Hall–Kier alpha value is -2.09. The Morgan fingerprint density at radius 1 is 1.11 bits per heavy atom. The lowest BCUT2D eigenvalue weighted by Gasteiger charge is -2.19. The summed E-state index contributed by atoms with van der Waals surface area (Å²) in [5, 5.41) is 18.5. The molecule has 28 heavy (non-hydrogen) atoms. The average molecular weight is 402 g/mol. The number of aliphatic hydroxyl groups excluding tert-OH is 1. The summed E-state index contributed by atoms with van der Waals surface area (Å²) in [6, 6.07) is 12.3. The van der Waals surface area contributed by atoms with Crippen molar-refractivity contribution in [3.05, 3.63) is 54.0 Å². The van der Waals surface area contributed by atoms with Crippen LogP contribution in [0.3, 0.4) is 0 Å². The second kappa shape index (κ2) is 9.41. The van der Waals surface area contributed by atoms with Gasteiger partial charge in [-0.2, -0.15) is 0 Å². The fourth-order valence-electron chi connectivity index (χ4n) is 2.79. The van der Waals surface area contributed by atoms with Crippen LogP contribution < -0.4 is 0 Å². The van der Waals surface area contributed by atoms with Gasteiger partial charge in [-0.1, -0.05) is 56.8 Å². The zero-order valence-electron chi connectivity index (χ0n) is 16.6. The van der Waals surface area contributed by atoms with Crippen LogP contribution in [-0.2, 0) is 16.7 Å². The van der Waals surface area contributed by atoms with E-state index in [1.807, 2.05) is 12.1 Å².